The van der Waals surface area contributed by atoms with E-state index >= 15 is 0 Å². The van der Waals surface area contributed by atoms with Crippen molar-refractivity contribution in [2.75, 3.05) is 17.8 Å². The van der Waals surface area contributed by atoms with Crippen LogP contribution in [-0.4, -0.2) is 31.7 Å². The van der Waals surface area contributed by atoms with E-state index in [4.69, 9.17) is 22.1 Å². The molecule has 182 valence electrons. The van der Waals surface area contributed by atoms with Gasteiger partial charge in [0, 0.05) is 16.7 Å². The fraction of sp³-hybridized carbons (Fsp3) is 0.143. The zero-order valence-corrected chi connectivity index (χ0v) is 18.3. The highest BCUT2D eigenvalue weighted by Gasteiger charge is 2.36. The number of rotatable bonds is 7. The summed E-state index contributed by atoms with van der Waals surface area (Å²) in [5.74, 6) is -1.86. The van der Waals surface area contributed by atoms with Crippen LogP contribution in [0.5, 0.6) is 0 Å². The van der Waals surface area contributed by atoms with E-state index in [0.717, 1.165) is 29.2 Å². The molecule has 0 aliphatic heterocycles. The molecule has 4 aromatic rings. The summed E-state index contributed by atoms with van der Waals surface area (Å²) in [5.41, 5.74) is 4.90. The Balaban J connectivity index is 1.43. The molecule has 1 aromatic carbocycles. The van der Waals surface area contributed by atoms with Crippen LogP contribution in [0.1, 0.15) is 11.1 Å². The molecule has 0 bridgehead atoms. The Labute approximate surface area is 199 Å². The van der Waals surface area contributed by atoms with Gasteiger partial charge in [0.2, 0.25) is 0 Å². The quantitative estimate of drug-likeness (QED) is 0.208. The van der Waals surface area contributed by atoms with Gasteiger partial charge in [-0.15, -0.1) is 4.80 Å². The summed E-state index contributed by atoms with van der Waals surface area (Å²) >= 11 is 6.21. The van der Waals surface area contributed by atoms with E-state index in [1.807, 2.05) is 0 Å². The first kappa shape index (κ1) is 24.3. The maximum atomic E-state index is 14.6. The summed E-state index contributed by atoms with van der Waals surface area (Å²) in [6, 6.07) is 4.24. The van der Waals surface area contributed by atoms with Crippen molar-refractivity contribution >= 4 is 23.0 Å². The van der Waals surface area contributed by atoms with E-state index in [9.17, 15) is 22.0 Å². The van der Waals surface area contributed by atoms with E-state index in [1.54, 1.807) is 0 Å². The van der Waals surface area contributed by atoms with Crippen LogP contribution in [0, 0.1) is 11.6 Å². The zero-order valence-electron chi connectivity index (χ0n) is 17.5. The number of hydrogen-bond acceptors (Lipinski definition) is 7. The molecule has 0 saturated heterocycles. The van der Waals surface area contributed by atoms with E-state index in [1.165, 1.54) is 24.7 Å². The molecule has 0 unspecified atom stereocenters. The van der Waals surface area contributed by atoms with Gasteiger partial charge in [0.15, 0.2) is 5.82 Å². The maximum absolute atomic E-state index is 14.6. The minimum atomic E-state index is -4.70. The van der Waals surface area contributed by atoms with Gasteiger partial charge in [-0.25, -0.2) is 13.8 Å². The van der Waals surface area contributed by atoms with Crippen molar-refractivity contribution in [3.05, 3.63) is 76.8 Å². The SMILES string of the molecule is Nc1cc(F)cnc1-c1cc(Cl)c(COCNc2cnc(-n3nccn3)c(C(F)(F)F)c2)cc1F. The highest BCUT2D eigenvalue weighted by Crippen LogP contribution is 2.34. The third kappa shape index (κ3) is 5.46. The third-order valence-corrected chi connectivity index (χ3v) is 5.04. The number of hydrogen-bond donors (Lipinski definition) is 2. The summed E-state index contributed by atoms with van der Waals surface area (Å²) in [4.78, 5) is 8.35. The molecule has 14 heteroatoms. The molecular formula is C21H15ClF5N7O. The van der Waals surface area contributed by atoms with Crippen LogP contribution in [0.15, 0.2) is 49.1 Å². The lowest BCUT2D eigenvalue weighted by Crippen LogP contribution is -2.16. The monoisotopic (exact) mass is 511 g/mol. The number of alkyl halides is 3. The van der Waals surface area contributed by atoms with Crippen molar-refractivity contribution in [3.63, 3.8) is 0 Å². The van der Waals surface area contributed by atoms with Crippen LogP contribution in [-0.2, 0) is 17.5 Å². The third-order valence-electron chi connectivity index (χ3n) is 4.69. The Bertz CT molecular complexity index is 1350. The van der Waals surface area contributed by atoms with E-state index in [0.29, 0.717) is 0 Å². The molecule has 3 heterocycles. The Hall–Kier alpha value is -3.84. The van der Waals surface area contributed by atoms with Crippen molar-refractivity contribution in [1.29, 1.82) is 0 Å². The van der Waals surface area contributed by atoms with Gasteiger partial charge in [-0.2, -0.15) is 23.4 Å². The molecule has 0 atom stereocenters. The van der Waals surface area contributed by atoms with E-state index in [2.05, 4.69) is 25.5 Å². The number of benzene rings is 1. The van der Waals surface area contributed by atoms with Gasteiger partial charge in [-0.1, -0.05) is 11.6 Å². The number of nitrogens with zero attached hydrogens (tertiary/aromatic N) is 5. The number of nitrogens with one attached hydrogen (secondary N) is 1. The molecular weight excluding hydrogens is 497 g/mol. The normalized spacial score (nSPS) is 11.6. The second-order valence-corrected chi connectivity index (χ2v) is 7.50. The highest BCUT2D eigenvalue weighted by molar-refractivity contribution is 6.31. The molecule has 0 spiro atoms. The summed E-state index contributed by atoms with van der Waals surface area (Å²) in [7, 11) is 0. The summed E-state index contributed by atoms with van der Waals surface area (Å²) in [5, 5.41) is 10.1. The lowest BCUT2D eigenvalue weighted by Gasteiger charge is -2.14. The fourth-order valence-electron chi connectivity index (χ4n) is 3.10. The largest absolute Gasteiger partial charge is 0.420 e. The lowest BCUT2D eigenvalue weighted by molar-refractivity contribution is -0.137. The Kier molecular flexibility index (Phi) is 6.80. The minimum absolute atomic E-state index is 0.0214. The molecule has 35 heavy (non-hydrogen) atoms. The molecule has 3 aromatic heterocycles. The Morgan fingerprint density at radius 1 is 1.03 bits per heavy atom. The molecule has 0 radical (unpaired) electrons. The molecule has 0 aliphatic carbocycles. The standard InChI is InChI=1S/C21H15ClF5N7O/c22-16-6-14(19-18(28)4-12(23)7-29-19)17(24)3-11(16)9-35-10-31-13-5-15(21(25,26)27)20(30-8-13)34-32-1-2-33-34/h1-8,31H,9-10,28H2. The topological polar surface area (TPSA) is 104 Å². The number of pyridine rings is 2. The molecule has 0 fully saturated rings. The second kappa shape index (κ2) is 9.80. The van der Waals surface area contributed by atoms with Crippen LogP contribution < -0.4 is 11.1 Å². The van der Waals surface area contributed by atoms with Crippen LogP contribution in [0.2, 0.25) is 5.02 Å². The number of nitrogen functional groups attached to an aromatic ring is 1. The number of halogens is 6. The minimum Gasteiger partial charge on any atom is -0.397 e. The first-order chi connectivity index (χ1) is 16.6. The predicted molar refractivity (Wildman–Crippen MR) is 116 cm³/mol. The average molecular weight is 512 g/mol. The van der Waals surface area contributed by atoms with Gasteiger partial charge in [0.1, 0.15) is 23.9 Å². The Morgan fingerprint density at radius 2 is 1.77 bits per heavy atom. The predicted octanol–water partition coefficient (Wildman–Crippen LogP) is 4.84. The molecule has 0 amide bonds. The molecule has 4 rings (SSSR count). The first-order valence-corrected chi connectivity index (χ1v) is 10.2. The van der Waals surface area contributed by atoms with Crippen LogP contribution >= 0.6 is 11.6 Å². The van der Waals surface area contributed by atoms with Gasteiger partial charge < -0.3 is 15.8 Å². The molecule has 0 aliphatic rings. The zero-order chi connectivity index (χ0) is 25.2. The number of anilines is 2. The van der Waals surface area contributed by atoms with Crippen molar-refractivity contribution in [3.8, 4) is 17.1 Å². The van der Waals surface area contributed by atoms with Crippen molar-refractivity contribution in [2.45, 2.75) is 12.8 Å². The first-order valence-electron chi connectivity index (χ1n) is 9.78. The van der Waals surface area contributed by atoms with E-state index < -0.39 is 29.2 Å². The molecule has 3 N–H and O–H groups in total. The number of nitrogens with two attached hydrogens (primary N) is 1. The van der Waals surface area contributed by atoms with Gasteiger partial charge in [-0.3, -0.25) is 4.98 Å². The van der Waals surface area contributed by atoms with Crippen molar-refractivity contribution in [1.82, 2.24) is 25.0 Å². The summed E-state index contributed by atoms with van der Waals surface area (Å²) in [6.45, 7) is -0.394. The average Bonchev–Trinajstić information content (AvgIpc) is 3.33. The fourth-order valence-corrected chi connectivity index (χ4v) is 3.32. The summed E-state index contributed by atoms with van der Waals surface area (Å²) < 4.78 is 73.6. The summed E-state index contributed by atoms with van der Waals surface area (Å²) in [6.07, 6.45) is -0.178. The van der Waals surface area contributed by atoms with Gasteiger partial charge in [-0.05, 0) is 23.8 Å². The van der Waals surface area contributed by atoms with Crippen LogP contribution in [0.4, 0.5) is 33.3 Å². The number of ether oxygens (including phenoxy) is 1. The van der Waals surface area contributed by atoms with Gasteiger partial charge in [0.25, 0.3) is 0 Å². The van der Waals surface area contributed by atoms with E-state index in [-0.39, 0.29) is 46.6 Å². The Morgan fingerprint density at radius 3 is 2.46 bits per heavy atom. The van der Waals surface area contributed by atoms with Crippen molar-refractivity contribution < 1.29 is 26.7 Å². The van der Waals surface area contributed by atoms with Crippen molar-refractivity contribution in [2.24, 2.45) is 0 Å². The number of aromatic nitrogens is 5. The molecule has 0 saturated carbocycles. The maximum Gasteiger partial charge on any atom is 0.420 e. The lowest BCUT2D eigenvalue weighted by atomic mass is 10.1. The molecule has 8 nitrogen and oxygen atoms in total. The highest BCUT2D eigenvalue weighted by atomic mass is 35.5. The van der Waals surface area contributed by atoms with Gasteiger partial charge >= 0.3 is 6.18 Å². The van der Waals surface area contributed by atoms with Gasteiger partial charge in [0.05, 0.1) is 48.5 Å². The smallest absolute Gasteiger partial charge is 0.397 e. The second-order valence-electron chi connectivity index (χ2n) is 7.10. The van der Waals surface area contributed by atoms with Crippen LogP contribution in [0.25, 0.3) is 17.1 Å². The van der Waals surface area contributed by atoms with Crippen LogP contribution in [0.3, 0.4) is 0 Å².